The van der Waals surface area contributed by atoms with Crippen molar-refractivity contribution in [3.05, 3.63) is 28.8 Å². The first-order valence-electron chi connectivity index (χ1n) is 5.78. The quantitative estimate of drug-likeness (QED) is 0.802. The number of ether oxygens (including phenoxy) is 2. The Kier molecular flexibility index (Phi) is 3.33. The molecular formula is C13H17NO3. The highest BCUT2D eigenvalue weighted by Gasteiger charge is 2.23. The first-order valence-corrected chi connectivity index (χ1v) is 5.78. The van der Waals surface area contributed by atoms with E-state index in [4.69, 9.17) is 15.2 Å². The summed E-state index contributed by atoms with van der Waals surface area (Å²) in [5, 5.41) is 0. The zero-order valence-corrected chi connectivity index (χ0v) is 10.2. The third-order valence-corrected chi connectivity index (χ3v) is 2.97. The Morgan fingerprint density at radius 1 is 1.41 bits per heavy atom. The Bertz CT molecular complexity index is 443. The van der Waals surface area contributed by atoms with Crippen LogP contribution >= 0.6 is 0 Å². The van der Waals surface area contributed by atoms with Crippen LogP contribution < -0.4 is 10.5 Å². The monoisotopic (exact) mass is 235 g/mol. The maximum Gasteiger partial charge on any atom is 0.341 e. The van der Waals surface area contributed by atoms with Crippen molar-refractivity contribution in [3.8, 4) is 5.75 Å². The second kappa shape index (κ2) is 4.75. The van der Waals surface area contributed by atoms with Crippen molar-refractivity contribution >= 4 is 5.97 Å². The Morgan fingerprint density at radius 2 is 2.06 bits per heavy atom. The van der Waals surface area contributed by atoms with Gasteiger partial charge in [0.2, 0.25) is 0 Å². The fourth-order valence-electron chi connectivity index (χ4n) is 2.23. The molecule has 1 aliphatic carbocycles. The van der Waals surface area contributed by atoms with Gasteiger partial charge in [-0.25, -0.2) is 4.79 Å². The minimum Gasteiger partial charge on any atom is -0.493 e. The molecule has 1 aromatic rings. The fourth-order valence-corrected chi connectivity index (χ4v) is 2.23. The zero-order chi connectivity index (χ0) is 12.4. The average Bonchev–Trinajstić information content (AvgIpc) is 2.66. The maximum absolute atomic E-state index is 11.7. The van der Waals surface area contributed by atoms with E-state index in [0.29, 0.717) is 17.9 Å². The van der Waals surface area contributed by atoms with Crippen LogP contribution in [0.3, 0.4) is 0 Å². The van der Waals surface area contributed by atoms with Gasteiger partial charge in [-0.1, -0.05) is 0 Å². The number of rotatable bonds is 3. The molecule has 0 heterocycles. The topological polar surface area (TPSA) is 61.5 Å². The molecule has 0 saturated carbocycles. The van der Waals surface area contributed by atoms with Crippen molar-refractivity contribution in [3.63, 3.8) is 0 Å². The molecule has 0 fully saturated rings. The molecule has 2 N–H and O–H groups in total. The first-order chi connectivity index (χ1) is 8.15. The minimum absolute atomic E-state index is 0.146. The molecule has 0 aromatic heterocycles. The lowest BCUT2D eigenvalue weighted by Crippen LogP contribution is -2.19. The lowest BCUT2D eigenvalue weighted by atomic mass is 10.1. The highest BCUT2D eigenvalue weighted by Crippen LogP contribution is 2.30. The molecule has 4 nitrogen and oxygen atoms in total. The van der Waals surface area contributed by atoms with E-state index in [1.54, 1.807) is 0 Å². The van der Waals surface area contributed by atoms with Crippen molar-refractivity contribution in [2.24, 2.45) is 5.73 Å². The second-order valence-corrected chi connectivity index (χ2v) is 4.21. The number of esters is 1. The predicted octanol–water partition coefficient (Wildman–Crippen LogP) is 1.30. The van der Waals surface area contributed by atoms with Crippen molar-refractivity contribution in [2.45, 2.75) is 25.8 Å². The summed E-state index contributed by atoms with van der Waals surface area (Å²) in [4.78, 5) is 11.7. The van der Waals surface area contributed by atoms with Gasteiger partial charge in [-0.3, -0.25) is 0 Å². The lowest BCUT2D eigenvalue weighted by Gasteiger charge is -2.11. The molecule has 0 amide bonds. The van der Waals surface area contributed by atoms with E-state index in [0.717, 1.165) is 18.4 Å². The first kappa shape index (κ1) is 11.9. The van der Waals surface area contributed by atoms with Gasteiger partial charge in [-0.15, -0.1) is 0 Å². The molecule has 92 valence electrons. The van der Waals surface area contributed by atoms with E-state index >= 15 is 0 Å². The number of hydrogen-bond donors (Lipinski definition) is 1. The van der Waals surface area contributed by atoms with E-state index in [2.05, 4.69) is 0 Å². The molecule has 1 atom stereocenters. The Labute approximate surface area is 101 Å². The number of methoxy groups -OCH3 is 1. The van der Waals surface area contributed by atoms with Crippen molar-refractivity contribution in [1.82, 2.24) is 0 Å². The van der Waals surface area contributed by atoms with Crippen LogP contribution in [0.4, 0.5) is 0 Å². The normalized spacial score (nSPS) is 17.7. The van der Waals surface area contributed by atoms with Gasteiger partial charge >= 0.3 is 5.97 Å². The molecule has 1 aliphatic rings. The van der Waals surface area contributed by atoms with Gasteiger partial charge in [-0.05, 0) is 43.0 Å². The van der Waals surface area contributed by atoms with Gasteiger partial charge in [0.25, 0.3) is 0 Å². The van der Waals surface area contributed by atoms with Crippen molar-refractivity contribution in [2.75, 3.05) is 13.7 Å². The summed E-state index contributed by atoms with van der Waals surface area (Å²) in [6.45, 7) is 2.41. The molecule has 0 saturated heterocycles. The molecule has 0 bridgehead atoms. The fraction of sp³-hybridized carbons (Fsp3) is 0.462. The van der Waals surface area contributed by atoms with E-state index in [-0.39, 0.29) is 12.0 Å². The molecule has 17 heavy (non-hydrogen) atoms. The zero-order valence-electron chi connectivity index (χ0n) is 10.2. The van der Waals surface area contributed by atoms with Gasteiger partial charge in [0.1, 0.15) is 11.3 Å². The third-order valence-electron chi connectivity index (χ3n) is 2.97. The van der Waals surface area contributed by atoms with E-state index in [1.807, 2.05) is 19.1 Å². The smallest absolute Gasteiger partial charge is 0.341 e. The third kappa shape index (κ3) is 2.26. The van der Waals surface area contributed by atoms with Gasteiger partial charge in [0.05, 0.1) is 13.7 Å². The summed E-state index contributed by atoms with van der Waals surface area (Å²) in [5.41, 5.74) is 8.70. The van der Waals surface area contributed by atoms with Crippen LogP contribution in [0, 0.1) is 0 Å². The van der Waals surface area contributed by atoms with Crippen LogP contribution in [0.25, 0.3) is 0 Å². The summed E-state index contributed by atoms with van der Waals surface area (Å²) in [5.74, 6) is 0.226. The number of fused-ring (bicyclic) bond motifs is 1. The molecule has 0 radical (unpaired) electrons. The van der Waals surface area contributed by atoms with Crippen LogP contribution in [0.15, 0.2) is 12.1 Å². The SMILES string of the molecule is CCOc1cc2c(cc1C(=O)OC)CC(N)C2. The van der Waals surface area contributed by atoms with Crippen LogP contribution in [-0.4, -0.2) is 25.7 Å². The summed E-state index contributed by atoms with van der Waals surface area (Å²) in [6, 6.07) is 3.91. The number of benzene rings is 1. The Balaban J connectivity index is 2.43. The number of carbonyl (C=O) groups is 1. The minimum atomic E-state index is -0.364. The molecular weight excluding hydrogens is 218 g/mol. The highest BCUT2D eigenvalue weighted by atomic mass is 16.5. The van der Waals surface area contributed by atoms with Crippen LogP contribution in [0.1, 0.15) is 28.4 Å². The standard InChI is InChI=1S/C13H17NO3/c1-3-17-12-7-9-5-10(14)4-8(9)6-11(12)13(15)16-2/h6-7,10H,3-5,14H2,1-2H3. The van der Waals surface area contributed by atoms with Crippen LogP contribution in [-0.2, 0) is 17.6 Å². The van der Waals surface area contributed by atoms with Gasteiger partial charge < -0.3 is 15.2 Å². The van der Waals surface area contributed by atoms with Crippen molar-refractivity contribution < 1.29 is 14.3 Å². The molecule has 0 aliphatic heterocycles. The van der Waals surface area contributed by atoms with Gasteiger partial charge in [0, 0.05) is 6.04 Å². The Morgan fingerprint density at radius 3 is 2.65 bits per heavy atom. The summed E-state index contributed by atoms with van der Waals surface area (Å²) >= 11 is 0. The van der Waals surface area contributed by atoms with E-state index < -0.39 is 0 Å². The lowest BCUT2D eigenvalue weighted by molar-refractivity contribution is 0.0596. The largest absolute Gasteiger partial charge is 0.493 e. The van der Waals surface area contributed by atoms with Gasteiger partial charge in [0.15, 0.2) is 0 Å². The maximum atomic E-state index is 11.7. The van der Waals surface area contributed by atoms with Crippen LogP contribution in [0.2, 0.25) is 0 Å². The summed E-state index contributed by atoms with van der Waals surface area (Å²) in [6.07, 6.45) is 1.66. The molecule has 1 unspecified atom stereocenters. The molecule has 1 aromatic carbocycles. The summed E-state index contributed by atoms with van der Waals surface area (Å²) < 4.78 is 10.2. The van der Waals surface area contributed by atoms with Gasteiger partial charge in [-0.2, -0.15) is 0 Å². The predicted molar refractivity (Wildman–Crippen MR) is 64.3 cm³/mol. The second-order valence-electron chi connectivity index (χ2n) is 4.21. The Hall–Kier alpha value is -1.55. The number of carbonyl (C=O) groups excluding carboxylic acids is 1. The summed E-state index contributed by atoms with van der Waals surface area (Å²) in [7, 11) is 1.37. The highest BCUT2D eigenvalue weighted by molar-refractivity contribution is 5.93. The van der Waals surface area contributed by atoms with E-state index in [9.17, 15) is 4.79 Å². The number of hydrogen-bond acceptors (Lipinski definition) is 4. The van der Waals surface area contributed by atoms with Crippen LogP contribution in [0.5, 0.6) is 5.75 Å². The average molecular weight is 235 g/mol. The van der Waals surface area contributed by atoms with E-state index in [1.165, 1.54) is 12.7 Å². The number of nitrogens with two attached hydrogens (primary N) is 1. The molecule has 0 spiro atoms. The molecule has 2 rings (SSSR count). The van der Waals surface area contributed by atoms with Crippen molar-refractivity contribution in [1.29, 1.82) is 0 Å². The molecule has 4 heteroatoms.